The smallest absolute Gasteiger partial charge is 0.399 e. The van der Waals surface area contributed by atoms with Gasteiger partial charge >= 0.3 is 5.95 Å². The zero-order chi connectivity index (χ0) is 14.1. The number of aromatic amines is 1. The number of hydrogen-bond acceptors (Lipinski definition) is 6. The standard InChI is InChI=1S/C12H10N6O2/c13-8-3-1-2-7(4-8)5-10-15-9-6-14-12(18(19)20)17-11(9)16-10/h1-4,6H,5,13H2,(H,14,15,16,17). The van der Waals surface area contributed by atoms with Gasteiger partial charge in [0, 0.05) is 12.1 Å². The molecule has 8 nitrogen and oxygen atoms in total. The summed E-state index contributed by atoms with van der Waals surface area (Å²) in [5, 5.41) is 10.6. The summed E-state index contributed by atoms with van der Waals surface area (Å²) in [6, 6.07) is 7.44. The number of nitrogens with one attached hydrogen (secondary N) is 1. The maximum Gasteiger partial charge on any atom is 0.470 e. The molecule has 0 spiro atoms. The highest BCUT2D eigenvalue weighted by molar-refractivity contribution is 5.70. The van der Waals surface area contributed by atoms with Crippen molar-refractivity contribution < 1.29 is 4.92 Å². The summed E-state index contributed by atoms with van der Waals surface area (Å²) in [6.07, 6.45) is 1.89. The molecule has 0 aliphatic heterocycles. The average molecular weight is 270 g/mol. The van der Waals surface area contributed by atoms with Gasteiger partial charge in [0.15, 0.2) is 0 Å². The van der Waals surface area contributed by atoms with Crippen molar-refractivity contribution in [2.24, 2.45) is 0 Å². The average Bonchev–Trinajstić information content (AvgIpc) is 2.79. The first-order valence-corrected chi connectivity index (χ1v) is 5.82. The van der Waals surface area contributed by atoms with E-state index in [0.717, 1.165) is 5.56 Å². The minimum Gasteiger partial charge on any atom is -0.399 e. The molecule has 0 aliphatic carbocycles. The first-order chi connectivity index (χ1) is 9.61. The first-order valence-electron chi connectivity index (χ1n) is 5.82. The highest BCUT2D eigenvalue weighted by atomic mass is 16.6. The van der Waals surface area contributed by atoms with Crippen LogP contribution >= 0.6 is 0 Å². The number of H-pyrrole nitrogens is 1. The van der Waals surface area contributed by atoms with Gasteiger partial charge in [0.2, 0.25) is 0 Å². The highest BCUT2D eigenvalue weighted by Crippen LogP contribution is 2.15. The molecular formula is C12H10N6O2. The Labute approximate surface area is 112 Å². The van der Waals surface area contributed by atoms with Gasteiger partial charge < -0.3 is 20.8 Å². The summed E-state index contributed by atoms with van der Waals surface area (Å²) in [6.45, 7) is 0. The monoisotopic (exact) mass is 270 g/mol. The van der Waals surface area contributed by atoms with Crippen LogP contribution in [0.3, 0.4) is 0 Å². The largest absolute Gasteiger partial charge is 0.470 e. The number of aromatic nitrogens is 4. The van der Waals surface area contributed by atoms with Gasteiger partial charge in [-0.2, -0.15) is 4.98 Å². The van der Waals surface area contributed by atoms with E-state index in [0.29, 0.717) is 23.4 Å². The van der Waals surface area contributed by atoms with Crippen molar-refractivity contribution in [3.8, 4) is 0 Å². The van der Waals surface area contributed by atoms with Gasteiger partial charge in [0.25, 0.3) is 5.65 Å². The number of nitrogens with zero attached hydrogens (tertiary/aromatic N) is 4. The van der Waals surface area contributed by atoms with E-state index >= 15 is 0 Å². The summed E-state index contributed by atoms with van der Waals surface area (Å²) in [4.78, 5) is 24.6. The fourth-order valence-electron chi connectivity index (χ4n) is 1.92. The number of benzene rings is 1. The van der Waals surface area contributed by atoms with Gasteiger partial charge in [0.1, 0.15) is 17.5 Å². The Kier molecular flexibility index (Phi) is 2.75. The zero-order valence-electron chi connectivity index (χ0n) is 10.3. The number of anilines is 1. The second-order valence-corrected chi connectivity index (χ2v) is 4.27. The molecule has 0 saturated carbocycles. The van der Waals surface area contributed by atoms with Crippen molar-refractivity contribution in [2.45, 2.75) is 6.42 Å². The number of nitrogen functional groups attached to an aromatic ring is 1. The summed E-state index contributed by atoms with van der Waals surface area (Å²) in [7, 11) is 0. The van der Waals surface area contributed by atoms with E-state index in [1.165, 1.54) is 6.20 Å². The molecule has 0 aliphatic rings. The molecule has 0 unspecified atom stereocenters. The van der Waals surface area contributed by atoms with Crippen molar-refractivity contribution in [1.29, 1.82) is 0 Å². The number of nitro groups is 1. The predicted molar refractivity (Wildman–Crippen MR) is 72.0 cm³/mol. The number of nitrogens with two attached hydrogens (primary N) is 1. The summed E-state index contributed by atoms with van der Waals surface area (Å²) >= 11 is 0. The van der Waals surface area contributed by atoms with Crippen LogP contribution in [-0.4, -0.2) is 24.9 Å². The van der Waals surface area contributed by atoms with Gasteiger partial charge in [-0.3, -0.25) is 0 Å². The van der Waals surface area contributed by atoms with Crippen molar-refractivity contribution in [1.82, 2.24) is 19.9 Å². The minimum absolute atomic E-state index is 0.283. The number of imidazole rings is 1. The van der Waals surface area contributed by atoms with Gasteiger partial charge in [-0.1, -0.05) is 17.1 Å². The van der Waals surface area contributed by atoms with E-state index in [2.05, 4.69) is 19.9 Å². The molecule has 0 radical (unpaired) electrons. The van der Waals surface area contributed by atoms with E-state index in [-0.39, 0.29) is 5.65 Å². The van der Waals surface area contributed by atoms with Crippen molar-refractivity contribution in [3.63, 3.8) is 0 Å². The Balaban J connectivity index is 1.95. The SMILES string of the molecule is Nc1cccc(Cc2nc3nc([N+](=O)[O-])ncc3[nH]2)c1. The van der Waals surface area contributed by atoms with Crippen LogP contribution in [0.5, 0.6) is 0 Å². The third kappa shape index (κ3) is 2.26. The van der Waals surface area contributed by atoms with Crippen LogP contribution in [0, 0.1) is 10.1 Å². The van der Waals surface area contributed by atoms with Gasteiger partial charge in [-0.05, 0) is 27.6 Å². The number of fused-ring (bicyclic) bond motifs is 1. The third-order valence-electron chi connectivity index (χ3n) is 2.76. The molecule has 0 saturated heterocycles. The zero-order valence-corrected chi connectivity index (χ0v) is 10.3. The van der Waals surface area contributed by atoms with Crippen molar-refractivity contribution in [2.75, 3.05) is 5.73 Å². The maximum absolute atomic E-state index is 10.6. The normalized spacial score (nSPS) is 10.8. The van der Waals surface area contributed by atoms with Gasteiger partial charge in [0.05, 0.1) is 0 Å². The number of rotatable bonds is 3. The Bertz CT molecular complexity index is 797. The van der Waals surface area contributed by atoms with Gasteiger partial charge in [-0.25, -0.2) is 0 Å². The van der Waals surface area contributed by atoms with E-state index < -0.39 is 10.9 Å². The minimum atomic E-state index is -0.647. The molecule has 0 atom stereocenters. The molecule has 3 rings (SSSR count). The lowest BCUT2D eigenvalue weighted by molar-refractivity contribution is -0.394. The lowest BCUT2D eigenvalue weighted by Crippen LogP contribution is -1.95. The summed E-state index contributed by atoms with van der Waals surface area (Å²) < 4.78 is 0. The van der Waals surface area contributed by atoms with Crippen molar-refractivity contribution in [3.05, 3.63) is 52.0 Å². The van der Waals surface area contributed by atoms with E-state index in [4.69, 9.17) is 5.73 Å². The fraction of sp³-hybridized carbons (Fsp3) is 0.0833. The molecule has 100 valence electrons. The van der Waals surface area contributed by atoms with Gasteiger partial charge in [-0.15, -0.1) is 0 Å². The quantitative estimate of drug-likeness (QED) is 0.421. The van der Waals surface area contributed by atoms with E-state index in [1.54, 1.807) is 6.07 Å². The van der Waals surface area contributed by atoms with Crippen LogP contribution in [-0.2, 0) is 6.42 Å². The molecule has 20 heavy (non-hydrogen) atoms. The molecule has 8 heteroatoms. The van der Waals surface area contributed by atoms with Crippen LogP contribution in [0.2, 0.25) is 0 Å². The molecule has 1 aromatic carbocycles. The Hall–Kier alpha value is -3.03. The maximum atomic E-state index is 10.6. The van der Waals surface area contributed by atoms with Crippen molar-refractivity contribution >= 4 is 22.8 Å². The molecule has 0 bridgehead atoms. The van der Waals surface area contributed by atoms with Crippen LogP contribution in [0.15, 0.2) is 30.5 Å². The molecule has 2 heterocycles. The molecular weight excluding hydrogens is 260 g/mol. The highest BCUT2D eigenvalue weighted by Gasteiger charge is 2.15. The fourth-order valence-corrected chi connectivity index (χ4v) is 1.92. The van der Waals surface area contributed by atoms with Crippen LogP contribution < -0.4 is 5.73 Å². The summed E-state index contributed by atoms with van der Waals surface area (Å²) in [5.41, 5.74) is 8.23. The third-order valence-corrected chi connectivity index (χ3v) is 2.76. The Morgan fingerprint density at radius 2 is 2.20 bits per heavy atom. The second kappa shape index (κ2) is 4.57. The molecule has 3 N–H and O–H groups in total. The van der Waals surface area contributed by atoms with Crippen LogP contribution in [0.4, 0.5) is 11.6 Å². The molecule has 0 fully saturated rings. The molecule has 3 aromatic rings. The lowest BCUT2D eigenvalue weighted by Gasteiger charge is -1.99. The van der Waals surface area contributed by atoms with E-state index in [1.807, 2.05) is 18.2 Å². The topological polar surface area (TPSA) is 124 Å². The van der Waals surface area contributed by atoms with Crippen LogP contribution in [0.1, 0.15) is 11.4 Å². The Morgan fingerprint density at radius 3 is 2.95 bits per heavy atom. The lowest BCUT2D eigenvalue weighted by atomic mass is 10.1. The summed E-state index contributed by atoms with van der Waals surface area (Å²) in [5.74, 6) is 0.194. The first kappa shape index (κ1) is 12.0. The Morgan fingerprint density at radius 1 is 1.35 bits per heavy atom. The number of hydrogen-bond donors (Lipinski definition) is 2. The van der Waals surface area contributed by atoms with Crippen LogP contribution in [0.25, 0.3) is 11.2 Å². The second-order valence-electron chi connectivity index (χ2n) is 4.27. The molecule has 2 aromatic heterocycles. The predicted octanol–water partition coefficient (Wildman–Crippen LogP) is 1.43. The van der Waals surface area contributed by atoms with E-state index in [9.17, 15) is 10.1 Å². The molecule has 0 amide bonds.